The van der Waals surface area contributed by atoms with Gasteiger partial charge in [-0.2, -0.15) is 0 Å². The number of hydrogen-bond donors (Lipinski definition) is 1. The molecule has 2 heterocycles. The van der Waals surface area contributed by atoms with E-state index in [0.29, 0.717) is 5.92 Å². The van der Waals surface area contributed by atoms with Crippen molar-refractivity contribution in [1.82, 2.24) is 10.3 Å². The first-order valence-electron chi connectivity index (χ1n) is 4.91. The topological polar surface area (TPSA) is 24.9 Å². The maximum atomic E-state index is 4.39. The van der Waals surface area contributed by atoms with Gasteiger partial charge in [-0.15, -0.1) is 0 Å². The van der Waals surface area contributed by atoms with Gasteiger partial charge in [-0.1, -0.05) is 0 Å². The average molecular weight is 176 g/mol. The fraction of sp³-hybridized carbons (Fsp3) is 0.545. The molecular formula is C11H16N2. The van der Waals surface area contributed by atoms with Crippen molar-refractivity contribution in [3.8, 4) is 0 Å². The van der Waals surface area contributed by atoms with Gasteiger partial charge in [0.25, 0.3) is 0 Å². The lowest BCUT2D eigenvalue weighted by atomic mass is 9.98. The summed E-state index contributed by atoms with van der Waals surface area (Å²) in [5, 5.41) is 3.39. The van der Waals surface area contributed by atoms with E-state index in [0.717, 1.165) is 24.5 Å². The normalized spacial score (nSPS) is 22.2. The van der Waals surface area contributed by atoms with Gasteiger partial charge in [0.15, 0.2) is 0 Å². The number of aromatic nitrogens is 1. The van der Waals surface area contributed by atoms with Crippen LogP contribution in [-0.2, 0) is 0 Å². The Kier molecular flexibility index (Phi) is 2.32. The van der Waals surface area contributed by atoms with Crippen LogP contribution in [0.5, 0.6) is 0 Å². The molecular weight excluding hydrogens is 160 g/mol. The van der Waals surface area contributed by atoms with E-state index in [2.05, 4.69) is 36.3 Å². The molecule has 1 saturated heterocycles. The van der Waals surface area contributed by atoms with Gasteiger partial charge in [0.1, 0.15) is 0 Å². The summed E-state index contributed by atoms with van der Waals surface area (Å²) in [4.78, 5) is 4.39. The van der Waals surface area contributed by atoms with E-state index in [1.807, 2.05) is 0 Å². The molecule has 1 fully saturated rings. The molecule has 13 heavy (non-hydrogen) atoms. The van der Waals surface area contributed by atoms with Crippen molar-refractivity contribution in [3.05, 3.63) is 29.1 Å². The number of aryl methyl sites for hydroxylation is 2. The molecule has 0 radical (unpaired) electrons. The highest BCUT2D eigenvalue weighted by Crippen LogP contribution is 2.22. The molecule has 1 aromatic rings. The number of nitrogens with zero attached hydrogens (tertiary/aromatic N) is 1. The largest absolute Gasteiger partial charge is 0.316 e. The molecule has 2 rings (SSSR count). The van der Waals surface area contributed by atoms with Gasteiger partial charge in [0, 0.05) is 17.9 Å². The van der Waals surface area contributed by atoms with Gasteiger partial charge in [0.05, 0.1) is 0 Å². The monoisotopic (exact) mass is 176 g/mol. The summed E-state index contributed by atoms with van der Waals surface area (Å²) in [6, 6.07) is 4.43. The highest BCUT2D eigenvalue weighted by atomic mass is 14.9. The van der Waals surface area contributed by atoms with Crippen LogP contribution in [0.25, 0.3) is 0 Å². The molecule has 1 atom stereocenters. The standard InChI is InChI=1S/C11H16N2/c1-8-5-11(6-9(2)13-8)10-3-4-12-7-10/h5-6,10,12H,3-4,7H2,1-2H3. The molecule has 0 saturated carbocycles. The molecule has 1 N–H and O–H groups in total. The Morgan fingerprint density at radius 2 is 2.00 bits per heavy atom. The fourth-order valence-corrected chi connectivity index (χ4v) is 2.04. The Morgan fingerprint density at radius 3 is 2.54 bits per heavy atom. The quantitative estimate of drug-likeness (QED) is 0.705. The molecule has 2 nitrogen and oxygen atoms in total. The van der Waals surface area contributed by atoms with E-state index in [4.69, 9.17) is 0 Å². The van der Waals surface area contributed by atoms with Gasteiger partial charge in [-0.25, -0.2) is 0 Å². The van der Waals surface area contributed by atoms with Crippen LogP contribution >= 0.6 is 0 Å². The number of pyridine rings is 1. The molecule has 0 aliphatic carbocycles. The van der Waals surface area contributed by atoms with Crippen LogP contribution in [0.3, 0.4) is 0 Å². The summed E-state index contributed by atoms with van der Waals surface area (Å²) in [5.74, 6) is 0.709. The highest BCUT2D eigenvalue weighted by molar-refractivity contribution is 5.25. The lowest BCUT2D eigenvalue weighted by Crippen LogP contribution is -2.08. The first-order chi connectivity index (χ1) is 6.25. The van der Waals surface area contributed by atoms with Gasteiger partial charge in [0.2, 0.25) is 0 Å². The summed E-state index contributed by atoms with van der Waals surface area (Å²) < 4.78 is 0. The summed E-state index contributed by atoms with van der Waals surface area (Å²) >= 11 is 0. The first kappa shape index (κ1) is 8.70. The minimum absolute atomic E-state index is 0.709. The maximum Gasteiger partial charge on any atom is 0.0378 e. The van der Waals surface area contributed by atoms with Crippen molar-refractivity contribution in [3.63, 3.8) is 0 Å². The van der Waals surface area contributed by atoms with Crippen molar-refractivity contribution >= 4 is 0 Å². The molecule has 1 aliphatic heterocycles. The van der Waals surface area contributed by atoms with Crippen molar-refractivity contribution in [2.45, 2.75) is 26.2 Å². The number of hydrogen-bond acceptors (Lipinski definition) is 2. The SMILES string of the molecule is Cc1cc(C2CCNC2)cc(C)n1. The van der Waals surface area contributed by atoms with Crippen LogP contribution in [0.2, 0.25) is 0 Å². The summed E-state index contributed by atoms with van der Waals surface area (Å²) in [7, 11) is 0. The minimum atomic E-state index is 0.709. The maximum absolute atomic E-state index is 4.39. The van der Waals surface area contributed by atoms with E-state index >= 15 is 0 Å². The van der Waals surface area contributed by atoms with E-state index < -0.39 is 0 Å². The third kappa shape index (κ3) is 1.89. The van der Waals surface area contributed by atoms with Crippen LogP contribution in [0, 0.1) is 13.8 Å². The molecule has 70 valence electrons. The van der Waals surface area contributed by atoms with E-state index in [-0.39, 0.29) is 0 Å². The second kappa shape index (κ2) is 3.46. The second-order valence-electron chi connectivity index (χ2n) is 3.87. The van der Waals surface area contributed by atoms with Crippen molar-refractivity contribution in [2.75, 3.05) is 13.1 Å². The second-order valence-corrected chi connectivity index (χ2v) is 3.87. The Hall–Kier alpha value is -0.890. The fourth-order valence-electron chi connectivity index (χ4n) is 2.04. The molecule has 0 spiro atoms. The third-order valence-electron chi connectivity index (χ3n) is 2.64. The van der Waals surface area contributed by atoms with E-state index in [1.54, 1.807) is 0 Å². The lowest BCUT2D eigenvalue weighted by molar-refractivity contribution is 0.758. The zero-order valence-electron chi connectivity index (χ0n) is 8.30. The molecule has 1 aliphatic rings. The van der Waals surface area contributed by atoms with Crippen LogP contribution in [0.15, 0.2) is 12.1 Å². The van der Waals surface area contributed by atoms with Gasteiger partial charge in [-0.05, 0) is 50.4 Å². The molecule has 2 heteroatoms. The van der Waals surface area contributed by atoms with Gasteiger partial charge < -0.3 is 5.32 Å². The van der Waals surface area contributed by atoms with Crippen molar-refractivity contribution in [2.24, 2.45) is 0 Å². The average Bonchev–Trinajstić information content (AvgIpc) is 2.53. The summed E-state index contributed by atoms with van der Waals surface area (Å²) in [6.07, 6.45) is 1.27. The minimum Gasteiger partial charge on any atom is -0.316 e. The molecule has 0 aromatic carbocycles. The summed E-state index contributed by atoms with van der Waals surface area (Å²) in [6.45, 7) is 6.42. The van der Waals surface area contributed by atoms with Gasteiger partial charge >= 0.3 is 0 Å². The highest BCUT2D eigenvalue weighted by Gasteiger charge is 2.16. The molecule has 1 aromatic heterocycles. The Labute approximate surface area is 79.4 Å². The third-order valence-corrected chi connectivity index (χ3v) is 2.64. The van der Waals surface area contributed by atoms with Gasteiger partial charge in [-0.3, -0.25) is 4.98 Å². The Balaban J connectivity index is 2.28. The lowest BCUT2D eigenvalue weighted by Gasteiger charge is -2.10. The van der Waals surface area contributed by atoms with E-state index in [9.17, 15) is 0 Å². The zero-order valence-corrected chi connectivity index (χ0v) is 8.30. The van der Waals surface area contributed by atoms with Crippen LogP contribution in [0.1, 0.15) is 29.3 Å². The Morgan fingerprint density at radius 1 is 1.31 bits per heavy atom. The van der Waals surface area contributed by atoms with Crippen LogP contribution < -0.4 is 5.32 Å². The predicted molar refractivity (Wildman–Crippen MR) is 53.9 cm³/mol. The van der Waals surface area contributed by atoms with E-state index in [1.165, 1.54) is 12.0 Å². The molecule has 0 amide bonds. The molecule has 0 bridgehead atoms. The predicted octanol–water partition coefficient (Wildman–Crippen LogP) is 1.78. The number of rotatable bonds is 1. The van der Waals surface area contributed by atoms with Crippen molar-refractivity contribution < 1.29 is 0 Å². The van der Waals surface area contributed by atoms with Crippen molar-refractivity contribution in [1.29, 1.82) is 0 Å². The smallest absolute Gasteiger partial charge is 0.0378 e. The summed E-state index contributed by atoms with van der Waals surface area (Å²) in [5.41, 5.74) is 3.74. The van der Waals surface area contributed by atoms with Crippen LogP contribution in [0.4, 0.5) is 0 Å². The first-order valence-corrected chi connectivity index (χ1v) is 4.91. The Bertz CT molecular complexity index is 281. The van der Waals surface area contributed by atoms with Crippen LogP contribution in [-0.4, -0.2) is 18.1 Å². The zero-order chi connectivity index (χ0) is 9.26. The molecule has 1 unspecified atom stereocenters. The number of nitrogens with one attached hydrogen (secondary N) is 1.